The zero-order valence-corrected chi connectivity index (χ0v) is 11.3. The molecule has 1 aliphatic rings. The number of nitrogens with zero attached hydrogens (tertiary/aromatic N) is 1. The van der Waals surface area contributed by atoms with Crippen LogP contribution in [0.5, 0.6) is 0 Å². The first-order valence-electron chi connectivity index (χ1n) is 5.97. The van der Waals surface area contributed by atoms with E-state index in [2.05, 4.69) is 0 Å². The van der Waals surface area contributed by atoms with Crippen LogP contribution in [0.15, 0.2) is 0 Å². The van der Waals surface area contributed by atoms with Crippen LogP contribution in [0, 0.1) is 0 Å². The number of ether oxygens (including phenoxy) is 1. The highest BCUT2D eigenvalue weighted by Crippen LogP contribution is 2.27. The van der Waals surface area contributed by atoms with Gasteiger partial charge in [-0.1, -0.05) is 0 Å². The van der Waals surface area contributed by atoms with Gasteiger partial charge in [0.15, 0.2) is 0 Å². The van der Waals surface area contributed by atoms with Crippen LogP contribution >= 0.6 is 0 Å². The zero-order valence-electron chi connectivity index (χ0n) is 11.3. The summed E-state index contributed by atoms with van der Waals surface area (Å²) >= 11 is 0. The summed E-state index contributed by atoms with van der Waals surface area (Å²) in [6.45, 7) is 6.69. The van der Waals surface area contributed by atoms with Gasteiger partial charge in [0.25, 0.3) is 0 Å². The van der Waals surface area contributed by atoms with Crippen molar-refractivity contribution >= 4 is 12.1 Å². The van der Waals surface area contributed by atoms with Crippen molar-refractivity contribution in [2.24, 2.45) is 0 Å². The van der Waals surface area contributed by atoms with Gasteiger partial charge in [0.2, 0.25) is 0 Å². The normalized spacial score (nSPS) is 28.9. The lowest BCUT2D eigenvalue weighted by atomic mass is 9.90. The molecule has 18 heavy (non-hydrogen) atoms. The second-order valence-electron chi connectivity index (χ2n) is 6.00. The molecule has 2 atom stereocenters. The predicted molar refractivity (Wildman–Crippen MR) is 64.2 cm³/mol. The maximum Gasteiger partial charge on any atom is 0.411 e. The number of aliphatic carboxylic acids is 1. The van der Waals surface area contributed by atoms with Crippen LogP contribution in [0.3, 0.4) is 0 Å². The average molecular weight is 259 g/mol. The number of hydrogen-bond acceptors (Lipinski definition) is 4. The van der Waals surface area contributed by atoms with E-state index >= 15 is 0 Å². The Labute approximate surface area is 107 Å². The summed E-state index contributed by atoms with van der Waals surface area (Å²) in [5.74, 6) is -1.07. The van der Waals surface area contributed by atoms with Crippen molar-refractivity contribution in [1.29, 1.82) is 0 Å². The molecule has 104 valence electrons. The second-order valence-corrected chi connectivity index (χ2v) is 6.00. The largest absolute Gasteiger partial charge is 0.480 e. The summed E-state index contributed by atoms with van der Waals surface area (Å²) in [6.07, 6.45) is -0.125. The number of carboxylic acids is 1. The minimum Gasteiger partial charge on any atom is -0.480 e. The van der Waals surface area contributed by atoms with Crippen LogP contribution in [0.2, 0.25) is 0 Å². The molecule has 0 spiro atoms. The summed E-state index contributed by atoms with van der Waals surface area (Å²) < 4.78 is 5.16. The molecule has 0 unspecified atom stereocenters. The molecule has 2 N–H and O–H groups in total. The minimum absolute atomic E-state index is 0.0289. The fourth-order valence-corrected chi connectivity index (χ4v) is 1.93. The van der Waals surface area contributed by atoms with Crippen molar-refractivity contribution in [3.63, 3.8) is 0 Å². The molecule has 0 aromatic carbocycles. The number of hydrogen-bond donors (Lipinski definition) is 2. The van der Waals surface area contributed by atoms with Gasteiger partial charge in [-0.15, -0.1) is 0 Å². The van der Waals surface area contributed by atoms with E-state index in [0.717, 1.165) is 4.90 Å². The van der Waals surface area contributed by atoms with Gasteiger partial charge in [-0.25, -0.2) is 9.59 Å². The van der Waals surface area contributed by atoms with Crippen molar-refractivity contribution in [1.82, 2.24) is 4.90 Å². The summed E-state index contributed by atoms with van der Waals surface area (Å²) in [7, 11) is 0. The van der Waals surface area contributed by atoms with Gasteiger partial charge in [-0.3, -0.25) is 4.90 Å². The van der Waals surface area contributed by atoms with Crippen LogP contribution in [0.25, 0.3) is 0 Å². The molecule has 1 heterocycles. The molecular weight excluding hydrogens is 238 g/mol. The molecular formula is C12H21NO5. The van der Waals surface area contributed by atoms with E-state index in [1.807, 2.05) is 0 Å². The molecule has 0 bridgehead atoms. The number of β-amino-alcohol motifs (C(OH)–C–C–N with tert-alkyl or cyclic N) is 1. The molecule has 1 fully saturated rings. The Hall–Kier alpha value is -1.30. The number of amides is 1. The lowest BCUT2D eigenvalue weighted by Gasteiger charge is -2.41. The molecule has 1 amide bonds. The van der Waals surface area contributed by atoms with Crippen molar-refractivity contribution in [3.8, 4) is 0 Å². The topological polar surface area (TPSA) is 87.1 Å². The van der Waals surface area contributed by atoms with E-state index < -0.39 is 29.3 Å². The Kier molecular flexibility index (Phi) is 3.90. The van der Waals surface area contributed by atoms with Crippen molar-refractivity contribution < 1.29 is 24.5 Å². The standard InChI is InChI=1S/C12H21NO5/c1-11(2,3)18-10(16)13-7-12(4,17)6-5-8(13)9(14)15/h8,17H,5-7H2,1-4H3,(H,14,15)/t8-,12+/m1/s1. The monoisotopic (exact) mass is 259 g/mol. The number of aliphatic hydroxyl groups is 1. The van der Waals surface area contributed by atoms with Crippen LogP contribution in [0.4, 0.5) is 4.79 Å². The summed E-state index contributed by atoms with van der Waals surface area (Å²) in [6, 6.07) is -0.930. The van der Waals surface area contributed by atoms with Crippen molar-refractivity contribution in [3.05, 3.63) is 0 Å². The molecule has 6 nitrogen and oxygen atoms in total. The minimum atomic E-state index is -1.07. The Morgan fingerprint density at radius 1 is 1.39 bits per heavy atom. The fraction of sp³-hybridized carbons (Fsp3) is 0.833. The molecule has 0 saturated carbocycles. The van der Waals surface area contributed by atoms with Crippen molar-refractivity contribution in [2.75, 3.05) is 6.54 Å². The van der Waals surface area contributed by atoms with Gasteiger partial charge in [-0.2, -0.15) is 0 Å². The molecule has 1 aliphatic heterocycles. The van der Waals surface area contributed by atoms with Gasteiger partial charge < -0.3 is 14.9 Å². The Morgan fingerprint density at radius 3 is 2.39 bits per heavy atom. The second kappa shape index (κ2) is 4.76. The third-order valence-corrected chi connectivity index (χ3v) is 2.76. The summed E-state index contributed by atoms with van der Waals surface area (Å²) in [5, 5.41) is 19.0. The lowest BCUT2D eigenvalue weighted by molar-refractivity contribution is -0.148. The Bertz CT molecular complexity index is 345. The number of rotatable bonds is 1. The summed E-state index contributed by atoms with van der Waals surface area (Å²) in [5.41, 5.74) is -1.76. The zero-order chi connectivity index (χ0) is 14.1. The van der Waals surface area contributed by atoms with E-state index in [9.17, 15) is 14.7 Å². The molecule has 0 radical (unpaired) electrons. The highest BCUT2D eigenvalue weighted by molar-refractivity contribution is 5.80. The van der Waals surface area contributed by atoms with E-state index in [4.69, 9.17) is 9.84 Å². The molecule has 1 rings (SSSR count). The van der Waals surface area contributed by atoms with Gasteiger partial charge >= 0.3 is 12.1 Å². The van der Waals surface area contributed by atoms with Gasteiger partial charge in [0.05, 0.1) is 12.1 Å². The SMILES string of the molecule is CC(C)(C)OC(=O)N1C[C@@](C)(O)CC[C@@H]1C(=O)O. The van der Waals surface area contributed by atoms with E-state index in [-0.39, 0.29) is 13.0 Å². The maximum absolute atomic E-state index is 11.9. The van der Waals surface area contributed by atoms with Gasteiger partial charge in [0.1, 0.15) is 11.6 Å². The average Bonchev–Trinajstić information content (AvgIpc) is 2.12. The Morgan fingerprint density at radius 2 is 1.94 bits per heavy atom. The van der Waals surface area contributed by atoms with E-state index in [1.165, 1.54) is 0 Å². The van der Waals surface area contributed by atoms with Crippen LogP contribution in [0.1, 0.15) is 40.5 Å². The van der Waals surface area contributed by atoms with E-state index in [0.29, 0.717) is 6.42 Å². The predicted octanol–water partition coefficient (Wildman–Crippen LogP) is 1.22. The first-order chi connectivity index (χ1) is 8.02. The molecule has 6 heteroatoms. The smallest absolute Gasteiger partial charge is 0.411 e. The first-order valence-corrected chi connectivity index (χ1v) is 5.97. The number of carboxylic acid groups (broad SMARTS) is 1. The molecule has 1 saturated heterocycles. The van der Waals surface area contributed by atoms with Crippen molar-refractivity contribution in [2.45, 2.75) is 57.8 Å². The number of likely N-dealkylation sites (tertiary alicyclic amines) is 1. The Balaban J connectivity index is 2.85. The highest BCUT2D eigenvalue weighted by Gasteiger charge is 2.42. The summed E-state index contributed by atoms with van der Waals surface area (Å²) in [4.78, 5) is 24.2. The highest BCUT2D eigenvalue weighted by atomic mass is 16.6. The third kappa shape index (κ3) is 3.87. The lowest BCUT2D eigenvalue weighted by Crippen LogP contribution is -2.57. The number of carbonyl (C=O) groups excluding carboxylic acids is 1. The van der Waals surface area contributed by atoms with Crippen LogP contribution in [-0.4, -0.2) is 51.0 Å². The third-order valence-electron chi connectivity index (χ3n) is 2.76. The number of piperidine rings is 1. The van der Waals surface area contributed by atoms with Gasteiger partial charge in [-0.05, 0) is 40.5 Å². The first kappa shape index (κ1) is 14.8. The van der Waals surface area contributed by atoms with Gasteiger partial charge in [0, 0.05) is 0 Å². The molecule has 0 aliphatic carbocycles. The maximum atomic E-state index is 11.9. The van der Waals surface area contributed by atoms with E-state index in [1.54, 1.807) is 27.7 Å². The molecule has 0 aromatic rings. The van der Waals surface area contributed by atoms with Crippen LogP contribution in [-0.2, 0) is 9.53 Å². The fourth-order valence-electron chi connectivity index (χ4n) is 1.93. The number of carbonyl (C=O) groups is 2. The molecule has 0 aromatic heterocycles. The quantitative estimate of drug-likeness (QED) is 0.739. The van der Waals surface area contributed by atoms with Crippen LogP contribution < -0.4 is 0 Å².